The van der Waals surface area contributed by atoms with E-state index in [0.29, 0.717) is 11.3 Å². The summed E-state index contributed by atoms with van der Waals surface area (Å²) in [4.78, 5) is 15.8. The molecule has 0 saturated carbocycles. The Hall–Kier alpha value is -2.11. The fourth-order valence-corrected chi connectivity index (χ4v) is 1.49. The van der Waals surface area contributed by atoms with E-state index in [4.69, 9.17) is 4.74 Å². The molecule has 96 valence electrons. The number of rotatable bonds is 1. The molecule has 1 amide bonds. The van der Waals surface area contributed by atoms with Crippen molar-refractivity contribution in [3.8, 4) is 0 Å². The Morgan fingerprint density at radius 1 is 1.44 bits per heavy atom. The van der Waals surface area contributed by atoms with Gasteiger partial charge in [0.25, 0.3) is 0 Å². The third-order valence-electron chi connectivity index (χ3n) is 2.09. The SMILES string of the molecule is Cc1cn2ncc(NC(=O)OC(C)(C)C)cc2n1. The maximum Gasteiger partial charge on any atom is 0.412 e. The number of imidazole rings is 1. The summed E-state index contributed by atoms with van der Waals surface area (Å²) in [5.74, 6) is 0. The number of nitrogens with one attached hydrogen (secondary N) is 1. The Labute approximate surface area is 105 Å². The van der Waals surface area contributed by atoms with Crippen LogP contribution in [0.1, 0.15) is 26.5 Å². The summed E-state index contributed by atoms with van der Waals surface area (Å²) in [5.41, 5.74) is 1.59. The molecule has 2 heterocycles. The van der Waals surface area contributed by atoms with Gasteiger partial charge in [-0.1, -0.05) is 0 Å². The number of amides is 1. The van der Waals surface area contributed by atoms with Gasteiger partial charge in [0, 0.05) is 6.07 Å². The van der Waals surface area contributed by atoms with Crippen molar-refractivity contribution in [1.29, 1.82) is 0 Å². The van der Waals surface area contributed by atoms with Crippen LogP contribution in [-0.4, -0.2) is 26.3 Å². The number of aryl methyl sites for hydroxylation is 1. The number of carbonyl (C=O) groups excluding carboxylic acids is 1. The molecule has 18 heavy (non-hydrogen) atoms. The third-order valence-corrected chi connectivity index (χ3v) is 2.09. The standard InChI is InChI=1S/C12H16N4O2/c1-8-7-16-10(14-8)5-9(6-13-16)15-11(17)18-12(2,3)4/h5-7H,1-4H3,(H,15,17). The first-order valence-corrected chi connectivity index (χ1v) is 5.65. The van der Waals surface area contributed by atoms with E-state index in [1.165, 1.54) is 0 Å². The monoisotopic (exact) mass is 248 g/mol. The van der Waals surface area contributed by atoms with Crippen LogP contribution in [0.5, 0.6) is 0 Å². The van der Waals surface area contributed by atoms with Gasteiger partial charge in [-0.3, -0.25) is 5.32 Å². The van der Waals surface area contributed by atoms with Crippen LogP contribution in [-0.2, 0) is 4.74 Å². The van der Waals surface area contributed by atoms with E-state index in [1.807, 2.05) is 33.9 Å². The largest absolute Gasteiger partial charge is 0.444 e. The minimum absolute atomic E-state index is 0.503. The molecule has 0 fully saturated rings. The molecule has 0 aliphatic carbocycles. The maximum atomic E-state index is 11.6. The zero-order valence-corrected chi connectivity index (χ0v) is 10.9. The van der Waals surface area contributed by atoms with Crippen LogP contribution in [0, 0.1) is 6.92 Å². The normalized spacial score (nSPS) is 11.6. The number of aromatic nitrogens is 3. The van der Waals surface area contributed by atoms with Crippen molar-refractivity contribution in [1.82, 2.24) is 14.6 Å². The van der Waals surface area contributed by atoms with Crippen molar-refractivity contribution in [3.63, 3.8) is 0 Å². The number of anilines is 1. The molecule has 0 bridgehead atoms. The smallest absolute Gasteiger partial charge is 0.412 e. The molecule has 0 radical (unpaired) electrons. The zero-order valence-electron chi connectivity index (χ0n) is 10.9. The maximum absolute atomic E-state index is 11.6. The highest BCUT2D eigenvalue weighted by Gasteiger charge is 2.16. The van der Waals surface area contributed by atoms with Crippen LogP contribution in [0.4, 0.5) is 10.5 Å². The summed E-state index contributed by atoms with van der Waals surface area (Å²) in [6.07, 6.45) is 2.86. The van der Waals surface area contributed by atoms with E-state index in [0.717, 1.165) is 5.69 Å². The van der Waals surface area contributed by atoms with E-state index in [2.05, 4.69) is 15.4 Å². The molecule has 2 rings (SSSR count). The number of hydrogen-bond acceptors (Lipinski definition) is 4. The average molecular weight is 248 g/mol. The number of fused-ring (bicyclic) bond motifs is 1. The van der Waals surface area contributed by atoms with Crippen molar-refractivity contribution < 1.29 is 9.53 Å². The second-order valence-electron chi connectivity index (χ2n) is 5.06. The van der Waals surface area contributed by atoms with Gasteiger partial charge < -0.3 is 4.74 Å². The summed E-state index contributed by atoms with van der Waals surface area (Å²) < 4.78 is 6.80. The average Bonchev–Trinajstić information content (AvgIpc) is 2.53. The topological polar surface area (TPSA) is 68.5 Å². The molecule has 0 aliphatic heterocycles. The van der Waals surface area contributed by atoms with Gasteiger partial charge in [-0.25, -0.2) is 14.3 Å². The minimum atomic E-state index is -0.522. The predicted molar refractivity (Wildman–Crippen MR) is 67.6 cm³/mol. The quantitative estimate of drug-likeness (QED) is 0.841. The summed E-state index contributed by atoms with van der Waals surface area (Å²) in [7, 11) is 0. The first kappa shape index (κ1) is 12.3. The summed E-state index contributed by atoms with van der Waals surface area (Å²) >= 11 is 0. The minimum Gasteiger partial charge on any atom is -0.444 e. The van der Waals surface area contributed by atoms with Crippen LogP contribution >= 0.6 is 0 Å². The number of carbonyl (C=O) groups is 1. The highest BCUT2D eigenvalue weighted by molar-refractivity contribution is 5.85. The van der Waals surface area contributed by atoms with Gasteiger partial charge >= 0.3 is 6.09 Å². The lowest BCUT2D eigenvalue weighted by Gasteiger charge is -2.19. The van der Waals surface area contributed by atoms with Crippen LogP contribution in [0.2, 0.25) is 0 Å². The van der Waals surface area contributed by atoms with Crippen molar-refractivity contribution in [3.05, 3.63) is 24.2 Å². The molecule has 2 aromatic heterocycles. The van der Waals surface area contributed by atoms with E-state index >= 15 is 0 Å². The Morgan fingerprint density at radius 3 is 2.83 bits per heavy atom. The van der Waals surface area contributed by atoms with Crippen molar-refractivity contribution >= 4 is 17.4 Å². The molecule has 0 atom stereocenters. The van der Waals surface area contributed by atoms with Crippen LogP contribution in [0.3, 0.4) is 0 Å². The van der Waals surface area contributed by atoms with E-state index in [-0.39, 0.29) is 0 Å². The second-order valence-corrected chi connectivity index (χ2v) is 5.06. The molecule has 0 saturated heterocycles. The molecule has 6 heteroatoms. The molecule has 6 nitrogen and oxygen atoms in total. The summed E-state index contributed by atoms with van der Waals surface area (Å²) in [6.45, 7) is 7.32. The Bertz CT molecular complexity index is 583. The lowest BCUT2D eigenvalue weighted by atomic mass is 10.2. The molecule has 1 N–H and O–H groups in total. The van der Waals surface area contributed by atoms with Crippen molar-refractivity contribution in [2.24, 2.45) is 0 Å². The molecule has 0 aliphatic rings. The van der Waals surface area contributed by atoms with Gasteiger partial charge in [0.15, 0.2) is 5.65 Å². The first-order valence-electron chi connectivity index (χ1n) is 5.65. The Balaban J connectivity index is 2.14. The highest BCUT2D eigenvalue weighted by Crippen LogP contribution is 2.13. The lowest BCUT2D eigenvalue weighted by Crippen LogP contribution is -2.27. The zero-order chi connectivity index (χ0) is 13.3. The summed E-state index contributed by atoms with van der Waals surface area (Å²) in [6, 6.07) is 1.74. The van der Waals surface area contributed by atoms with E-state index in [1.54, 1.807) is 16.8 Å². The summed E-state index contributed by atoms with van der Waals surface area (Å²) in [5, 5.41) is 6.76. The molecule has 0 unspecified atom stereocenters. The van der Waals surface area contributed by atoms with Gasteiger partial charge in [-0.2, -0.15) is 5.10 Å². The highest BCUT2D eigenvalue weighted by atomic mass is 16.6. The van der Waals surface area contributed by atoms with Gasteiger partial charge in [-0.15, -0.1) is 0 Å². The number of hydrogen-bond donors (Lipinski definition) is 1. The number of nitrogens with zero attached hydrogens (tertiary/aromatic N) is 3. The number of ether oxygens (including phenoxy) is 1. The third kappa shape index (κ3) is 2.97. The van der Waals surface area contributed by atoms with Gasteiger partial charge in [-0.05, 0) is 27.7 Å². The van der Waals surface area contributed by atoms with Crippen molar-refractivity contribution in [2.75, 3.05) is 5.32 Å². The van der Waals surface area contributed by atoms with Crippen LogP contribution < -0.4 is 5.32 Å². The van der Waals surface area contributed by atoms with E-state index < -0.39 is 11.7 Å². The Morgan fingerprint density at radius 2 is 2.17 bits per heavy atom. The molecule has 0 aromatic carbocycles. The molecule has 0 spiro atoms. The fraction of sp³-hybridized carbons (Fsp3) is 0.417. The van der Waals surface area contributed by atoms with Crippen molar-refractivity contribution in [2.45, 2.75) is 33.3 Å². The molecular formula is C12H16N4O2. The lowest BCUT2D eigenvalue weighted by molar-refractivity contribution is 0.0636. The van der Waals surface area contributed by atoms with Gasteiger partial charge in [0.2, 0.25) is 0 Å². The first-order chi connectivity index (χ1) is 8.33. The van der Waals surface area contributed by atoms with Gasteiger partial charge in [0.1, 0.15) is 5.60 Å². The van der Waals surface area contributed by atoms with Crippen LogP contribution in [0.15, 0.2) is 18.5 Å². The second kappa shape index (κ2) is 4.29. The van der Waals surface area contributed by atoms with Gasteiger partial charge in [0.05, 0.1) is 23.8 Å². The fourth-order valence-electron chi connectivity index (χ4n) is 1.49. The van der Waals surface area contributed by atoms with Crippen LogP contribution in [0.25, 0.3) is 5.65 Å². The Kier molecular flexibility index (Phi) is 2.94. The molecular weight excluding hydrogens is 232 g/mol. The predicted octanol–water partition coefficient (Wildman–Crippen LogP) is 2.38. The molecule has 2 aromatic rings. The van der Waals surface area contributed by atoms with E-state index in [9.17, 15) is 4.79 Å².